The van der Waals surface area contributed by atoms with E-state index in [4.69, 9.17) is 11.6 Å². The molecule has 4 rings (SSSR count). The number of aromatic nitrogens is 1. The van der Waals surface area contributed by atoms with Crippen LogP contribution in [0.25, 0.3) is 0 Å². The maximum atomic E-state index is 12.6. The number of piperidine rings is 1. The Morgan fingerprint density at radius 3 is 2.59 bits per heavy atom. The van der Waals surface area contributed by atoms with Crippen molar-refractivity contribution < 1.29 is 9.59 Å². The van der Waals surface area contributed by atoms with E-state index in [1.165, 1.54) is 42.1 Å². The van der Waals surface area contributed by atoms with Crippen LogP contribution in [0.4, 0.5) is 5.82 Å². The monoisotopic (exact) mass is 454 g/mol. The summed E-state index contributed by atoms with van der Waals surface area (Å²) in [6.45, 7) is 3.87. The summed E-state index contributed by atoms with van der Waals surface area (Å²) in [5, 5.41) is 6.53. The fraction of sp³-hybridized carbons (Fsp3) is 0.480. The average Bonchev–Trinajstić information content (AvgIpc) is 2.80. The third kappa shape index (κ3) is 5.87. The molecule has 1 aliphatic heterocycles. The van der Waals surface area contributed by atoms with Crippen molar-refractivity contribution in [2.24, 2.45) is 5.92 Å². The molecule has 0 saturated carbocycles. The van der Waals surface area contributed by atoms with Gasteiger partial charge in [0.05, 0.1) is 17.6 Å². The van der Waals surface area contributed by atoms with Crippen LogP contribution in [0, 0.1) is 5.92 Å². The summed E-state index contributed by atoms with van der Waals surface area (Å²) in [5.74, 6) is 0.451. The van der Waals surface area contributed by atoms with Gasteiger partial charge in [0.25, 0.3) is 0 Å². The summed E-state index contributed by atoms with van der Waals surface area (Å²) < 4.78 is 0. The number of rotatable bonds is 6. The summed E-state index contributed by atoms with van der Waals surface area (Å²) in [4.78, 5) is 31.4. The minimum atomic E-state index is -0.0683. The third-order valence-electron chi connectivity index (χ3n) is 6.55. The number of benzene rings is 1. The molecule has 170 valence electrons. The number of anilines is 1. The van der Waals surface area contributed by atoms with Crippen LogP contribution >= 0.6 is 11.6 Å². The minimum absolute atomic E-state index is 0.00933. The summed E-state index contributed by atoms with van der Waals surface area (Å²) in [5.41, 5.74) is 4.06. The first kappa shape index (κ1) is 22.7. The van der Waals surface area contributed by atoms with Crippen LogP contribution in [0.15, 0.2) is 36.5 Å². The molecule has 1 aliphatic carbocycles. The number of fused-ring (bicyclic) bond motifs is 1. The van der Waals surface area contributed by atoms with Gasteiger partial charge in [0.1, 0.15) is 5.82 Å². The molecule has 7 heteroatoms. The van der Waals surface area contributed by atoms with E-state index in [0.29, 0.717) is 17.4 Å². The van der Waals surface area contributed by atoms with Crippen molar-refractivity contribution >= 4 is 29.2 Å². The zero-order chi connectivity index (χ0) is 22.5. The highest BCUT2D eigenvalue weighted by atomic mass is 35.5. The summed E-state index contributed by atoms with van der Waals surface area (Å²) in [6, 6.07) is 10.0. The summed E-state index contributed by atoms with van der Waals surface area (Å²) in [7, 11) is 0. The number of carbonyl (C=O) groups excluding carboxylic acids is 2. The van der Waals surface area contributed by atoms with Crippen molar-refractivity contribution in [3.8, 4) is 0 Å². The summed E-state index contributed by atoms with van der Waals surface area (Å²) >= 11 is 5.84. The van der Waals surface area contributed by atoms with Gasteiger partial charge >= 0.3 is 0 Å². The molecule has 6 nitrogen and oxygen atoms in total. The van der Waals surface area contributed by atoms with Crippen LogP contribution in [0.1, 0.15) is 55.3 Å². The molecule has 32 heavy (non-hydrogen) atoms. The number of nitrogens with one attached hydrogen (secondary N) is 2. The number of likely N-dealkylation sites (tertiary alicyclic amines) is 1. The summed E-state index contributed by atoms with van der Waals surface area (Å²) in [6.07, 6.45) is 7.81. The van der Waals surface area contributed by atoms with Crippen LogP contribution in [0.5, 0.6) is 0 Å². The van der Waals surface area contributed by atoms with Gasteiger partial charge in [-0.2, -0.15) is 0 Å². The number of amides is 2. The zero-order valence-corrected chi connectivity index (χ0v) is 19.3. The van der Waals surface area contributed by atoms with Gasteiger partial charge in [-0.3, -0.25) is 14.5 Å². The number of hydrogen-bond donors (Lipinski definition) is 2. The number of hydrogen-bond acceptors (Lipinski definition) is 4. The van der Waals surface area contributed by atoms with E-state index >= 15 is 0 Å². The lowest BCUT2D eigenvalue weighted by atomic mass is 9.89. The molecule has 0 unspecified atom stereocenters. The first-order valence-electron chi connectivity index (χ1n) is 11.5. The minimum Gasteiger partial charge on any atom is -0.348 e. The molecule has 0 bridgehead atoms. The largest absolute Gasteiger partial charge is 0.348 e. The normalized spacial score (nSPS) is 17.9. The van der Waals surface area contributed by atoms with E-state index in [1.807, 2.05) is 6.92 Å². The molecule has 2 amide bonds. The number of pyridine rings is 1. The van der Waals surface area contributed by atoms with E-state index in [-0.39, 0.29) is 23.8 Å². The third-order valence-corrected chi connectivity index (χ3v) is 6.78. The predicted octanol–water partition coefficient (Wildman–Crippen LogP) is 4.14. The second kappa shape index (κ2) is 10.5. The molecule has 2 N–H and O–H groups in total. The van der Waals surface area contributed by atoms with Crippen LogP contribution in [0.2, 0.25) is 5.02 Å². The van der Waals surface area contributed by atoms with E-state index in [2.05, 4.69) is 38.7 Å². The Kier molecular flexibility index (Phi) is 7.43. The molecule has 2 heterocycles. The molecular weight excluding hydrogens is 424 g/mol. The van der Waals surface area contributed by atoms with Crippen molar-refractivity contribution in [2.45, 2.75) is 51.5 Å². The fourth-order valence-electron chi connectivity index (χ4n) is 4.63. The molecule has 1 aromatic heterocycles. The number of carbonyl (C=O) groups is 2. The quantitative estimate of drug-likeness (QED) is 0.687. The molecular formula is C25H31ClN4O2. The van der Waals surface area contributed by atoms with Gasteiger partial charge in [-0.05, 0) is 87.4 Å². The van der Waals surface area contributed by atoms with Crippen molar-refractivity contribution in [2.75, 3.05) is 25.0 Å². The molecule has 2 aliphatic rings. The number of halogens is 1. The smallest absolute Gasteiger partial charge is 0.234 e. The second-order valence-corrected chi connectivity index (χ2v) is 9.36. The molecule has 2 aromatic rings. The Morgan fingerprint density at radius 1 is 1.12 bits per heavy atom. The number of aryl methyl sites for hydroxylation is 2. The van der Waals surface area contributed by atoms with Crippen molar-refractivity contribution in [1.29, 1.82) is 0 Å². The Balaban J connectivity index is 1.22. The molecule has 1 aromatic carbocycles. The predicted molar refractivity (Wildman–Crippen MR) is 127 cm³/mol. The highest BCUT2D eigenvalue weighted by Crippen LogP contribution is 2.25. The Morgan fingerprint density at radius 2 is 1.88 bits per heavy atom. The first-order valence-corrected chi connectivity index (χ1v) is 11.9. The topological polar surface area (TPSA) is 74.3 Å². The van der Waals surface area contributed by atoms with E-state index in [9.17, 15) is 9.59 Å². The standard InChI is InChI=1S/C25H31ClN4O2/c1-17(20-7-6-18-4-2-3-5-21(18)14-20)28-24(31)16-30-12-10-19(11-13-30)25(32)29-23-9-8-22(26)15-27-23/h6-9,14-15,17,19H,2-5,10-13,16H2,1H3,(H,28,31)(H,27,29,32)/t17-/m1/s1. The van der Waals surface area contributed by atoms with Gasteiger partial charge in [0, 0.05) is 12.1 Å². The van der Waals surface area contributed by atoms with Crippen LogP contribution in [0.3, 0.4) is 0 Å². The second-order valence-electron chi connectivity index (χ2n) is 8.93. The van der Waals surface area contributed by atoms with E-state index < -0.39 is 0 Å². The van der Waals surface area contributed by atoms with Gasteiger partial charge in [0.2, 0.25) is 11.8 Å². The zero-order valence-electron chi connectivity index (χ0n) is 18.6. The lowest BCUT2D eigenvalue weighted by molar-refractivity contribution is -0.124. The first-order chi connectivity index (χ1) is 15.5. The van der Waals surface area contributed by atoms with Crippen LogP contribution in [-0.2, 0) is 22.4 Å². The maximum absolute atomic E-state index is 12.6. The van der Waals surface area contributed by atoms with Gasteiger partial charge in [-0.15, -0.1) is 0 Å². The van der Waals surface area contributed by atoms with Crippen LogP contribution in [-0.4, -0.2) is 41.3 Å². The van der Waals surface area contributed by atoms with Crippen molar-refractivity contribution in [3.63, 3.8) is 0 Å². The van der Waals surface area contributed by atoms with E-state index in [0.717, 1.165) is 32.4 Å². The van der Waals surface area contributed by atoms with Crippen LogP contribution < -0.4 is 10.6 Å². The molecule has 0 radical (unpaired) electrons. The van der Waals surface area contributed by atoms with Gasteiger partial charge in [0.15, 0.2) is 0 Å². The van der Waals surface area contributed by atoms with Gasteiger partial charge in [-0.1, -0.05) is 29.8 Å². The van der Waals surface area contributed by atoms with Crippen molar-refractivity contribution in [3.05, 3.63) is 58.2 Å². The van der Waals surface area contributed by atoms with E-state index in [1.54, 1.807) is 12.1 Å². The molecule has 1 saturated heterocycles. The maximum Gasteiger partial charge on any atom is 0.234 e. The fourth-order valence-corrected chi connectivity index (χ4v) is 4.74. The highest BCUT2D eigenvalue weighted by molar-refractivity contribution is 6.30. The van der Waals surface area contributed by atoms with Gasteiger partial charge in [-0.25, -0.2) is 4.98 Å². The molecule has 1 fully saturated rings. The molecule has 1 atom stereocenters. The SMILES string of the molecule is C[C@@H](NC(=O)CN1CCC(C(=O)Nc2ccc(Cl)cn2)CC1)c1ccc2c(c1)CCCC2. The number of nitrogens with zero attached hydrogens (tertiary/aromatic N) is 2. The Labute approximate surface area is 194 Å². The molecule has 0 spiro atoms. The lowest BCUT2D eigenvalue weighted by Crippen LogP contribution is -2.43. The highest BCUT2D eigenvalue weighted by Gasteiger charge is 2.26. The Bertz CT molecular complexity index is 955. The van der Waals surface area contributed by atoms with Crippen molar-refractivity contribution in [1.82, 2.24) is 15.2 Å². The average molecular weight is 455 g/mol. The van der Waals surface area contributed by atoms with Gasteiger partial charge < -0.3 is 10.6 Å². The Hall–Kier alpha value is -2.44. The lowest BCUT2D eigenvalue weighted by Gasteiger charge is -2.31.